The minimum Gasteiger partial charge on any atom is -0.494 e. The highest BCUT2D eigenvalue weighted by Gasteiger charge is 2.35. The molecule has 0 heterocycles. The third kappa shape index (κ3) is 9.32. The van der Waals surface area contributed by atoms with Crippen LogP contribution in [0.3, 0.4) is 0 Å². The van der Waals surface area contributed by atoms with Crippen molar-refractivity contribution in [3.05, 3.63) is 124 Å². The fourth-order valence-corrected chi connectivity index (χ4v) is 7.63. The number of sulfonamides is 1. The predicted molar refractivity (Wildman–Crippen MR) is 190 cm³/mol. The van der Waals surface area contributed by atoms with Gasteiger partial charge in [0.1, 0.15) is 24.2 Å². The van der Waals surface area contributed by atoms with Crippen molar-refractivity contribution in [2.75, 3.05) is 17.5 Å². The van der Waals surface area contributed by atoms with E-state index in [-0.39, 0.29) is 40.5 Å². The van der Waals surface area contributed by atoms with E-state index in [0.29, 0.717) is 22.9 Å². The van der Waals surface area contributed by atoms with Crippen LogP contribution in [0.4, 0.5) is 10.1 Å². The second kappa shape index (κ2) is 16.5. The average Bonchev–Trinajstić information content (AvgIpc) is 3.61. The normalized spacial score (nSPS) is 13.9. The fourth-order valence-electron chi connectivity index (χ4n) is 5.89. The summed E-state index contributed by atoms with van der Waals surface area (Å²) in [5.41, 5.74) is 1.61. The molecule has 1 aliphatic carbocycles. The average molecular weight is 727 g/mol. The van der Waals surface area contributed by atoms with Crippen LogP contribution >= 0.6 is 23.2 Å². The first-order valence-electron chi connectivity index (χ1n) is 16.1. The van der Waals surface area contributed by atoms with Crippen LogP contribution in [0.25, 0.3) is 0 Å². The summed E-state index contributed by atoms with van der Waals surface area (Å²) >= 11 is 12.6. The monoisotopic (exact) mass is 725 g/mol. The van der Waals surface area contributed by atoms with Crippen molar-refractivity contribution >= 4 is 50.7 Å². The number of halogens is 3. The zero-order valence-electron chi connectivity index (χ0n) is 27.0. The van der Waals surface area contributed by atoms with Crippen molar-refractivity contribution in [1.29, 1.82) is 0 Å². The molecule has 8 nitrogen and oxygen atoms in total. The van der Waals surface area contributed by atoms with Crippen molar-refractivity contribution in [3.63, 3.8) is 0 Å². The molecule has 1 fully saturated rings. The van der Waals surface area contributed by atoms with E-state index >= 15 is 0 Å². The van der Waals surface area contributed by atoms with Gasteiger partial charge in [0.2, 0.25) is 11.8 Å². The minimum absolute atomic E-state index is 0.0214. The number of ether oxygens (including phenoxy) is 1. The lowest BCUT2D eigenvalue weighted by molar-refractivity contribution is -0.140. The van der Waals surface area contributed by atoms with Crippen LogP contribution in [0.1, 0.15) is 43.7 Å². The molecule has 1 atom stereocenters. The van der Waals surface area contributed by atoms with Crippen LogP contribution in [0.15, 0.2) is 102 Å². The van der Waals surface area contributed by atoms with Gasteiger partial charge < -0.3 is 15.0 Å². The quantitative estimate of drug-likeness (QED) is 0.146. The summed E-state index contributed by atoms with van der Waals surface area (Å²) in [5.74, 6) is -1.05. The van der Waals surface area contributed by atoms with Gasteiger partial charge >= 0.3 is 0 Å². The number of amides is 2. The summed E-state index contributed by atoms with van der Waals surface area (Å²) in [4.78, 5) is 30.0. The highest BCUT2D eigenvalue weighted by Crippen LogP contribution is 2.29. The molecule has 5 rings (SSSR count). The lowest BCUT2D eigenvalue weighted by atomic mass is 10.0. The summed E-state index contributed by atoms with van der Waals surface area (Å²) in [6, 6.07) is 23.9. The van der Waals surface area contributed by atoms with Gasteiger partial charge in [-0.1, -0.05) is 72.4 Å². The van der Waals surface area contributed by atoms with E-state index in [9.17, 15) is 22.4 Å². The second-order valence-corrected chi connectivity index (χ2v) is 14.5. The molecule has 1 unspecified atom stereocenters. The number of benzene rings is 4. The molecule has 0 spiro atoms. The van der Waals surface area contributed by atoms with Gasteiger partial charge in [-0.05, 0) is 91.6 Å². The van der Waals surface area contributed by atoms with Gasteiger partial charge in [-0.25, -0.2) is 12.8 Å². The Morgan fingerprint density at radius 3 is 2.20 bits per heavy atom. The smallest absolute Gasteiger partial charge is 0.264 e. The van der Waals surface area contributed by atoms with Crippen LogP contribution in [0.5, 0.6) is 5.75 Å². The number of nitrogens with one attached hydrogen (secondary N) is 1. The molecule has 0 saturated heterocycles. The molecule has 1 saturated carbocycles. The van der Waals surface area contributed by atoms with Crippen LogP contribution in [-0.4, -0.2) is 50.4 Å². The minimum atomic E-state index is -4.39. The molecule has 0 bridgehead atoms. The number of hydrogen-bond donors (Lipinski definition) is 1. The van der Waals surface area contributed by atoms with Crippen molar-refractivity contribution in [2.24, 2.45) is 0 Å². The molecular weight excluding hydrogens is 688 g/mol. The Bertz CT molecular complexity index is 1840. The van der Waals surface area contributed by atoms with Gasteiger partial charge in [0.05, 0.1) is 27.2 Å². The summed E-state index contributed by atoms with van der Waals surface area (Å²) in [6.45, 7) is 1.52. The van der Waals surface area contributed by atoms with Gasteiger partial charge in [-0.2, -0.15) is 0 Å². The first-order chi connectivity index (χ1) is 23.5. The molecule has 12 heteroatoms. The first-order valence-corrected chi connectivity index (χ1v) is 18.3. The largest absolute Gasteiger partial charge is 0.494 e. The molecule has 49 heavy (non-hydrogen) atoms. The van der Waals surface area contributed by atoms with Gasteiger partial charge in [-0.3, -0.25) is 13.9 Å². The summed E-state index contributed by atoms with van der Waals surface area (Å²) in [7, 11) is -4.39. The lowest BCUT2D eigenvalue weighted by Gasteiger charge is -2.34. The number of hydrogen-bond acceptors (Lipinski definition) is 5. The summed E-state index contributed by atoms with van der Waals surface area (Å²) < 4.78 is 48.7. The maximum atomic E-state index is 14.7. The van der Waals surface area contributed by atoms with Crippen LogP contribution < -0.4 is 14.4 Å². The molecule has 0 aromatic heterocycles. The number of anilines is 1. The van der Waals surface area contributed by atoms with E-state index in [1.54, 1.807) is 30.3 Å². The molecule has 0 radical (unpaired) electrons. The van der Waals surface area contributed by atoms with Crippen LogP contribution in [0.2, 0.25) is 10.0 Å². The molecule has 4 aromatic carbocycles. The Morgan fingerprint density at radius 2 is 1.57 bits per heavy atom. The van der Waals surface area contributed by atoms with E-state index in [1.165, 1.54) is 17.0 Å². The maximum absolute atomic E-state index is 14.7. The SMILES string of the molecule is CCOc1ccc(N(CC(=O)N(Cc2ccc(Cl)c(Cl)c2)C(Cc2ccccc2)C(=O)NC2CCCC2)S(=O)(=O)c2ccc(F)cc2)cc1. The molecule has 4 aromatic rings. The van der Waals surface area contributed by atoms with E-state index in [0.717, 1.165) is 59.8 Å². The van der Waals surface area contributed by atoms with Gasteiger partial charge in [0.15, 0.2) is 0 Å². The number of rotatable bonds is 14. The molecule has 0 aliphatic heterocycles. The van der Waals surface area contributed by atoms with Crippen molar-refractivity contribution in [1.82, 2.24) is 10.2 Å². The third-order valence-electron chi connectivity index (χ3n) is 8.43. The van der Waals surface area contributed by atoms with E-state index in [1.807, 2.05) is 37.3 Å². The molecule has 2 amide bonds. The molecular formula is C37H38Cl2FN3O5S. The summed E-state index contributed by atoms with van der Waals surface area (Å²) in [5, 5.41) is 3.75. The van der Waals surface area contributed by atoms with Gasteiger partial charge in [0, 0.05) is 19.0 Å². The Balaban J connectivity index is 1.57. The van der Waals surface area contributed by atoms with Crippen LogP contribution in [-0.2, 0) is 32.6 Å². The predicted octanol–water partition coefficient (Wildman–Crippen LogP) is 7.43. The molecule has 1 N–H and O–H groups in total. The first kappa shape index (κ1) is 36.2. The number of carbonyl (C=O) groups is 2. The highest BCUT2D eigenvalue weighted by atomic mass is 35.5. The third-order valence-corrected chi connectivity index (χ3v) is 11.0. The van der Waals surface area contributed by atoms with E-state index in [2.05, 4.69) is 5.32 Å². The highest BCUT2D eigenvalue weighted by molar-refractivity contribution is 7.92. The van der Waals surface area contributed by atoms with Crippen molar-refractivity contribution in [2.45, 2.75) is 62.6 Å². The summed E-state index contributed by atoms with van der Waals surface area (Å²) in [6.07, 6.45) is 3.86. The van der Waals surface area contributed by atoms with Crippen LogP contribution in [0, 0.1) is 5.82 Å². The maximum Gasteiger partial charge on any atom is 0.264 e. The lowest BCUT2D eigenvalue weighted by Crippen LogP contribution is -2.54. The Labute approximate surface area is 296 Å². The number of carbonyl (C=O) groups excluding carboxylic acids is 2. The zero-order valence-corrected chi connectivity index (χ0v) is 29.4. The standard InChI is InChI=1S/C37H38Cl2FN3O5S/c1-2-48-31-17-15-30(16-18-31)43(49(46,47)32-19-13-28(40)14-20-32)25-36(44)42(24-27-12-21-33(38)34(39)22-27)35(23-26-8-4-3-5-9-26)37(45)41-29-10-6-7-11-29/h3-5,8-9,12-22,29,35H,2,6-7,10-11,23-25H2,1H3,(H,41,45). The van der Waals surface area contributed by atoms with Crippen molar-refractivity contribution < 1.29 is 27.1 Å². The van der Waals surface area contributed by atoms with Crippen molar-refractivity contribution in [3.8, 4) is 5.75 Å². The fraction of sp³-hybridized carbons (Fsp3) is 0.297. The Morgan fingerprint density at radius 1 is 0.898 bits per heavy atom. The van der Waals surface area contributed by atoms with E-state index < -0.39 is 34.3 Å². The van der Waals surface area contributed by atoms with E-state index in [4.69, 9.17) is 27.9 Å². The molecule has 258 valence electrons. The van der Waals surface area contributed by atoms with Gasteiger partial charge in [-0.15, -0.1) is 0 Å². The zero-order chi connectivity index (χ0) is 35.0. The Hall–Kier alpha value is -4.12. The topological polar surface area (TPSA) is 96.0 Å². The molecule has 1 aliphatic rings. The Kier molecular flexibility index (Phi) is 12.2. The second-order valence-electron chi connectivity index (χ2n) is 11.9. The number of nitrogens with zero attached hydrogens (tertiary/aromatic N) is 2. The van der Waals surface area contributed by atoms with Gasteiger partial charge in [0.25, 0.3) is 10.0 Å².